The second-order valence-electron chi connectivity index (χ2n) is 9.80. The van der Waals surface area contributed by atoms with E-state index >= 15 is 0 Å². The molecule has 1 aliphatic heterocycles. The number of carbonyl (C=O) groups excluding carboxylic acids is 1. The second-order valence-corrected chi connectivity index (χ2v) is 10.2. The zero-order valence-electron chi connectivity index (χ0n) is 22.3. The molecule has 1 fully saturated rings. The Morgan fingerprint density at radius 1 is 1.07 bits per heavy atom. The number of para-hydroxylation sites is 2. The fourth-order valence-corrected chi connectivity index (χ4v) is 5.05. The molecule has 11 heteroatoms. The molecule has 4 heterocycles. The number of fused-ring (bicyclic) bond motifs is 1. The zero-order chi connectivity index (χ0) is 27.6. The molecule has 5 aromatic rings. The van der Waals surface area contributed by atoms with Gasteiger partial charge in [0.15, 0.2) is 11.6 Å². The maximum atomic E-state index is 13.2. The van der Waals surface area contributed by atoms with Crippen molar-refractivity contribution in [2.75, 3.05) is 50.6 Å². The molecule has 0 unspecified atom stereocenters. The molecule has 40 heavy (non-hydrogen) atoms. The lowest BCUT2D eigenvalue weighted by molar-refractivity contribution is 0.102. The van der Waals surface area contributed by atoms with Crippen molar-refractivity contribution in [1.82, 2.24) is 29.6 Å². The van der Waals surface area contributed by atoms with Crippen molar-refractivity contribution >= 4 is 40.2 Å². The molecule has 0 aliphatic carbocycles. The Hall–Kier alpha value is -4.41. The van der Waals surface area contributed by atoms with Gasteiger partial charge in [-0.3, -0.25) is 9.48 Å². The van der Waals surface area contributed by atoms with Gasteiger partial charge in [-0.15, -0.1) is 0 Å². The fourth-order valence-electron chi connectivity index (χ4n) is 4.76. The summed E-state index contributed by atoms with van der Waals surface area (Å²) in [5.74, 6) is 2.18. The van der Waals surface area contributed by atoms with E-state index in [0.29, 0.717) is 34.6 Å². The molecule has 0 bridgehead atoms. The molecule has 1 amide bonds. The van der Waals surface area contributed by atoms with E-state index in [-0.39, 0.29) is 5.91 Å². The molecule has 0 saturated carbocycles. The summed E-state index contributed by atoms with van der Waals surface area (Å²) in [6, 6.07) is 19.1. The van der Waals surface area contributed by atoms with Gasteiger partial charge in [0.1, 0.15) is 17.3 Å². The van der Waals surface area contributed by atoms with E-state index in [1.165, 1.54) is 0 Å². The number of hydrogen-bond acceptors (Lipinski definition) is 7. The van der Waals surface area contributed by atoms with Gasteiger partial charge in [-0.25, -0.2) is 9.97 Å². The van der Waals surface area contributed by atoms with Gasteiger partial charge in [-0.1, -0.05) is 35.9 Å². The van der Waals surface area contributed by atoms with Crippen LogP contribution in [0, 0.1) is 0 Å². The molecule has 10 nitrogen and oxygen atoms in total. The van der Waals surface area contributed by atoms with E-state index in [4.69, 9.17) is 26.4 Å². The van der Waals surface area contributed by atoms with Crippen LogP contribution in [0.1, 0.15) is 15.9 Å². The van der Waals surface area contributed by atoms with Crippen molar-refractivity contribution < 1.29 is 9.53 Å². The number of hydrogen-bond donors (Lipinski definition) is 2. The van der Waals surface area contributed by atoms with Crippen molar-refractivity contribution in [2.24, 2.45) is 0 Å². The lowest BCUT2D eigenvalue weighted by Gasteiger charge is -2.33. The summed E-state index contributed by atoms with van der Waals surface area (Å²) in [7, 11) is 3.73. The van der Waals surface area contributed by atoms with Gasteiger partial charge in [0, 0.05) is 38.4 Å². The summed E-state index contributed by atoms with van der Waals surface area (Å²) in [6.07, 6.45) is 1.56. The second kappa shape index (κ2) is 11.0. The van der Waals surface area contributed by atoms with Crippen LogP contribution in [0.4, 0.5) is 11.6 Å². The average molecular weight is 557 g/mol. The molecule has 6 rings (SSSR count). The van der Waals surface area contributed by atoms with E-state index < -0.39 is 0 Å². The first-order valence-electron chi connectivity index (χ1n) is 13.0. The monoisotopic (exact) mass is 556 g/mol. The normalized spacial score (nSPS) is 14.0. The van der Waals surface area contributed by atoms with Crippen LogP contribution in [0.2, 0.25) is 5.02 Å². The predicted octanol–water partition coefficient (Wildman–Crippen LogP) is 4.54. The highest BCUT2D eigenvalue weighted by atomic mass is 35.5. The Labute approximate surface area is 236 Å². The lowest BCUT2D eigenvalue weighted by Crippen LogP contribution is -2.45. The van der Waals surface area contributed by atoms with E-state index in [1.807, 2.05) is 59.3 Å². The molecule has 0 spiro atoms. The van der Waals surface area contributed by atoms with Gasteiger partial charge in [-0.05, 0) is 42.9 Å². The highest BCUT2D eigenvalue weighted by molar-refractivity contribution is 6.33. The van der Waals surface area contributed by atoms with E-state index in [2.05, 4.69) is 32.1 Å². The van der Waals surface area contributed by atoms with Gasteiger partial charge < -0.3 is 24.8 Å². The van der Waals surface area contributed by atoms with Crippen LogP contribution in [0.25, 0.3) is 22.6 Å². The maximum absolute atomic E-state index is 13.2. The summed E-state index contributed by atoms with van der Waals surface area (Å²) in [5, 5.41) is 8.06. The number of ether oxygens (including phenoxy) is 1. The number of nitrogens with one attached hydrogen (secondary N) is 2. The highest BCUT2D eigenvalue weighted by Crippen LogP contribution is 2.27. The third kappa shape index (κ3) is 5.36. The van der Waals surface area contributed by atoms with Gasteiger partial charge in [0.2, 0.25) is 0 Å². The molecule has 0 radical (unpaired) electrons. The number of H-pyrrole nitrogens is 1. The average Bonchev–Trinajstić information content (AvgIpc) is 3.57. The first-order valence-corrected chi connectivity index (χ1v) is 13.4. The number of aromatic nitrogens is 5. The fraction of sp³-hybridized carbons (Fsp3) is 0.241. The third-order valence-corrected chi connectivity index (χ3v) is 7.31. The topological polar surface area (TPSA) is 104 Å². The van der Waals surface area contributed by atoms with Crippen LogP contribution < -0.4 is 15.0 Å². The lowest BCUT2D eigenvalue weighted by atomic mass is 10.2. The summed E-state index contributed by atoms with van der Waals surface area (Å²) in [6.45, 7) is 4.02. The van der Waals surface area contributed by atoms with Crippen LogP contribution in [-0.4, -0.2) is 75.9 Å². The van der Waals surface area contributed by atoms with Gasteiger partial charge >= 0.3 is 0 Å². The van der Waals surface area contributed by atoms with Crippen LogP contribution in [0.15, 0.2) is 66.9 Å². The summed E-state index contributed by atoms with van der Waals surface area (Å²) in [4.78, 5) is 30.2. The van der Waals surface area contributed by atoms with Crippen molar-refractivity contribution in [3.63, 3.8) is 0 Å². The van der Waals surface area contributed by atoms with E-state index in [0.717, 1.165) is 54.2 Å². The number of piperazine rings is 1. The SMILES string of the molecule is COc1ccc(Cn2nc(NC(=O)c3cnc(N4CCN(C)CC4)c(Cl)c3)cc2-c2nc3ccccc3[nH]2)cc1. The summed E-state index contributed by atoms with van der Waals surface area (Å²) < 4.78 is 7.10. The number of rotatable bonds is 7. The molecular weight excluding hydrogens is 528 g/mol. The molecule has 204 valence electrons. The molecule has 2 N–H and O–H groups in total. The van der Waals surface area contributed by atoms with Crippen LogP contribution >= 0.6 is 11.6 Å². The smallest absolute Gasteiger partial charge is 0.258 e. The number of halogens is 1. The molecular formula is C29H29ClN8O2. The minimum Gasteiger partial charge on any atom is -0.497 e. The Morgan fingerprint density at radius 3 is 2.58 bits per heavy atom. The van der Waals surface area contributed by atoms with Gasteiger partial charge in [0.25, 0.3) is 5.91 Å². The van der Waals surface area contributed by atoms with Crippen LogP contribution in [0.3, 0.4) is 0 Å². The number of likely N-dealkylation sites (N-methyl/N-ethyl adjacent to an activating group) is 1. The third-order valence-electron chi connectivity index (χ3n) is 7.03. The van der Waals surface area contributed by atoms with Crippen molar-refractivity contribution in [3.8, 4) is 17.3 Å². The molecule has 1 aliphatic rings. The minimum absolute atomic E-state index is 0.343. The standard InChI is InChI=1S/C29H29ClN8O2/c1-36-11-13-37(14-12-36)28-22(30)15-20(17-31-28)29(39)34-26-16-25(27-32-23-5-3-4-6-24(23)33-27)38(35-26)18-19-7-9-21(40-2)10-8-19/h3-10,15-17H,11-14,18H2,1-2H3,(H,32,33)(H,34,35,39). The Bertz CT molecular complexity index is 1620. The molecule has 3 aromatic heterocycles. The van der Waals surface area contributed by atoms with E-state index in [9.17, 15) is 4.79 Å². The first-order chi connectivity index (χ1) is 19.5. The number of imidazole rings is 1. The van der Waals surface area contributed by atoms with Crippen molar-refractivity contribution in [1.29, 1.82) is 0 Å². The highest BCUT2D eigenvalue weighted by Gasteiger charge is 2.21. The number of anilines is 2. The van der Waals surface area contributed by atoms with Gasteiger partial charge in [-0.2, -0.15) is 5.10 Å². The predicted molar refractivity (Wildman–Crippen MR) is 156 cm³/mol. The number of aromatic amines is 1. The van der Waals surface area contributed by atoms with Crippen LogP contribution in [0.5, 0.6) is 5.75 Å². The molecule has 2 aromatic carbocycles. The summed E-state index contributed by atoms with van der Waals surface area (Å²) in [5.41, 5.74) is 3.89. The largest absolute Gasteiger partial charge is 0.497 e. The molecule has 1 saturated heterocycles. The minimum atomic E-state index is -0.343. The number of carbonyl (C=O) groups is 1. The van der Waals surface area contributed by atoms with Crippen molar-refractivity contribution in [3.05, 3.63) is 83.0 Å². The van der Waals surface area contributed by atoms with Crippen LogP contribution in [-0.2, 0) is 6.54 Å². The quantitative estimate of drug-likeness (QED) is 0.303. The number of methoxy groups -OCH3 is 1. The number of amides is 1. The summed E-state index contributed by atoms with van der Waals surface area (Å²) >= 11 is 6.57. The van der Waals surface area contributed by atoms with E-state index in [1.54, 1.807) is 19.4 Å². The first kappa shape index (κ1) is 25.8. The number of nitrogens with zero attached hydrogens (tertiary/aromatic N) is 6. The van der Waals surface area contributed by atoms with Crippen molar-refractivity contribution in [2.45, 2.75) is 6.54 Å². The Kier molecular flexibility index (Phi) is 7.10. The van der Waals surface area contributed by atoms with Gasteiger partial charge in [0.05, 0.1) is 35.3 Å². The number of benzene rings is 2. The number of pyridine rings is 1. The Balaban J connectivity index is 1.27. The maximum Gasteiger partial charge on any atom is 0.258 e. The zero-order valence-corrected chi connectivity index (χ0v) is 23.0. The Morgan fingerprint density at radius 2 is 1.85 bits per heavy atom. The molecule has 0 atom stereocenters.